The van der Waals surface area contributed by atoms with Gasteiger partial charge in [0.2, 0.25) is 0 Å². The Morgan fingerprint density at radius 1 is 1.32 bits per heavy atom. The largest absolute Gasteiger partial charge is 0.477 e. The summed E-state index contributed by atoms with van der Waals surface area (Å²) in [6, 6.07) is 4.22. The highest BCUT2D eigenvalue weighted by atomic mass is 35.5. The number of benzene rings is 1. The first-order valence-corrected chi connectivity index (χ1v) is 5.32. The highest BCUT2D eigenvalue weighted by molar-refractivity contribution is 6.30. The minimum Gasteiger partial charge on any atom is -0.477 e. The first-order chi connectivity index (χ1) is 8.79. The van der Waals surface area contributed by atoms with E-state index in [-0.39, 0.29) is 22.0 Å². The number of rotatable bonds is 2. The molecule has 19 heavy (non-hydrogen) atoms. The molecule has 100 valence electrons. The average molecular weight is 291 g/mol. The van der Waals surface area contributed by atoms with Crippen molar-refractivity contribution in [1.29, 1.82) is 0 Å². The van der Waals surface area contributed by atoms with Gasteiger partial charge in [-0.2, -0.15) is 18.3 Å². The molecule has 0 amide bonds. The molecule has 0 aliphatic rings. The van der Waals surface area contributed by atoms with Gasteiger partial charge in [-0.3, -0.25) is 5.10 Å². The molecule has 0 aliphatic heterocycles. The number of carboxylic acids is 1. The zero-order chi connectivity index (χ0) is 14.2. The third-order valence-corrected chi connectivity index (χ3v) is 2.61. The molecule has 0 bridgehead atoms. The Balaban J connectivity index is 2.58. The second-order valence-corrected chi connectivity index (χ2v) is 4.10. The van der Waals surface area contributed by atoms with Crippen LogP contribution in [0.3, 0.4) is 0 Å². The first-order valence-electron chi connectivity index (χ1n) is 4.95. The van der Waals surface area contributed by atoms with Gasteiger partial charge in [-0.15, -0.1) is 0 Å². The lowest BCUT2D eigenvalue weighted by molar-refractivity contribution is -0.137. The van der Waals surface area contributed by atoms with Gasteiger partial charge in [0, 0.05) is 10.6 Å². The molecule has 2 rings (SSSR count). The van der Waals surface area contributed by atoms with E-state index in [2.05, 4.69) is 10.2 Å². The molecule has 1 aromatic carbocycles. The number of carbonyl (C=O) groups is 1. The monoisotopic (exact) mass is 290 g/mol. The smallest absolute Gasteiger partial charge is 0.417 e. The highest BCUT2D eigenvalue weighted by Gasteiger charge is 2.34. The van der Waals surface area contributed by atoms with Crippen molar-refractivity contribution in [2.75, 3.05) is 0 Å². The molecule has 0 saturated heterocycles. The maximum absolute atomic E-state index is 12.9. The predicted octanol–water partition coefficient (Wildman–Crippen LogP) is 3.45. The quantitative estimate of drug-likeness (QED) is 0.890. The SMILES string of the molecule is O=C(O)c1cc(-c2ccc(Cl)cc2C(F)(F)F)n[nH]1. The molecule has 0 spiro atoms. The Labute approximate surface area is 109 Å². The molecular weight excluding hydrogens is 285 g/mol. The lowest BCUT2D eigenvalue weighted by Gasteiger charge is -2.11. The molecule has 2 aromatic rings. The van der Waals surface area contributed by atoms with Crippen molar-refractivity contribution in [2.45, 2.75) is 6.18 Å². The Kier molecular flexibility index (Phi) is 3.23. The summed E-state index contributed by atoms with van der Waals surface area (Å²) in [4.78, 5) is 10.7. The molecule has 0 radical (unpaired) electrons. The van der Waals surface area contributed by atoms with Crippen molar-refractivity contribution in [3.05, 3.63) is 40.5 Å². The van der Waals surface area contributed by atoms with Gasteiger partial charge < -0.3 is 5.11 Å². The lowest BCUT2D eigenvalue weighted by atomic mass is 10.0. The number of carboxylic acid groups (broad SMARTS) is 1. The van der Waals surface area contributed by atoms with Gasteiger partial charge in [0.1, 0.15) is 5.69 Å². The Hall–Kier alpha value is -2.02. The number of halogens is 4. The van der Waals surface area contributed by atoms with Crippen LogP contribution in [-0.2, 0) is 6.18 Å². The Morgan fingerprint density at radius 3 is 2.53 bits per heavy atom. The standard InChI is InChI=1S/C11H6ClF3N2O2/c12-5-1-2-6(7(3-5)11(13,14)15)8-4-9(10(18)19)17-16-8/h1-4H,(H,16,17)(H,18,19). The van der Waals surface area contributed by atoms with Crippen LogP contribution in [0.2, 0.25) is 5.02 Å². The van der Waals surface area contributed by atoms with Crippen LogP contribution in [0, 0.1) is 0 Å². The normalized spacial score (nSPS) is 11.6. The predicted molar refractivity (Wildman–Crippen MR) is 61.0 cm³/mol. The molecule has 0 fully saturated rings. The zero-order valence-electron chi connectivity index (χ0n) is 9.12. The van der Waals surface area contributed by atoms with E-state index >= 15 is 0 Å². The third kappa shape index (κ3) is 2.70. The number of hydrogen-bond acceptors (Lipinski definition) is 2. The van der Waals surface area contributed by atoms with Crippen molar-refractivity contribution < 1.29 is 23.1 Å². The molecule has 0 atom stereocenters. The van der Waals surface area contributed by atoms with E-state index in [1.807, 2.05) is 0 Å². The number of hydrogen-bond donors (Lipinski definition) is 2. The first kappa shape index (κ1) is 13.4. The van der Waals surface area contributed by atoms with Crippen LogP contribution in [0.15, 0.2) is 24.3 Å². The van der Waals surface area contributed by atoms with E-state index in [1.165, 1.54) is 6.07 Å². The summed E-state index contributed by atoms with van der Waals surface area (Å²) in [7, 11) is 0. The topological polar surface area (TPSA) is 66.0 Å². The van der Waals surface area contributed by atoms with E-state index in [0.717, 1.165) is 18.2 Å². The molecular formula is C11H6ClF3N2O2. The number of aromatic carboxylic acids is 1. The minimum absolute atomic E-state index is 0.0648. The summed E-state index contributed by atoms with van der Waals surface area (Å²) in [5, 5.41) is 14.3. The van der Waals surface area contributed by atoms with Gasteiger partial charge in [-0.05, 0) is 18.2 Å². The third-order valence-electron chi connectivity index (χ3n) is 2.37. The van der Waals surface area contributed by atoms with E-state index in [9.17, 15) is 18.0 Å². The zero-order valence-corrected chi connectivity index (χ0v) is 9.88. The van der Waals surface area contributed by atoms with Crippen LogP contribution in [0.4, 0.5) is 13.2 Å². The Morgan fingerprint density at radius 2 is 2.00 bits per heavy atom. The van der Waals surface area contributed by atoms with Crippen molar-refractivity contribution in [2.24, 2.45) is 0 Å². The fourth-order valence-electron chi connectivity index (χ4n) is 1.54. The van der Waals surface area contributed by atoms with E-state index in [4.69, 9.17) is 16.7 Å². The number of nitrogens with zero attached hydrogens (tertiary/aromatic N) is 1. The maximum Gasteiger partial charge on any atom is 0.417 e. The maximum atomic E-state index is 12.9. The number of alkyl halides is 3. The summed E-state index contributed by atoms with van der Waals surface area (Å²) in [6.45, 7) is 0. The van der Waals surface area contributed by atoms with Crippen molar-refractivity contribution in [3.8, 4) is 11.3 Å². The van der Waals surface area contributed by atoms with Crippen LogP contribution < -0.4 is 0 Å². The van der Waals surface area contributed by atoms with Gasteiger partial charge in [-0.25, -0.2) is 4.79 Å². The summed E-state index contributed by atoms with van der Waals surface area (Å²) < 4.78 is 38.6. The van der Waals surface area contributed by atoms with Crippen molar-refractivity contribution in [3.63, 3.8) is 0 Å². The lowest BCUT2D eigenvalue weighted by Crippen LogP contribution is -2.07. The van der Waals surface area contributed by atoms with Crippen LogP contribution >= 0.6 is 11.6 Å². The van der Waals surface area contributed by atoms with Crippen LogP contribution in [0.25, 0.3) is 11.3 Å². The molecule has 0 saturated carbocycles. The van der Waals surface area contributed by atoms with Crippen LogP contribution in [0.5, 0.6) is 0 Å². The summed E-state index contributed by atoms with van der Waals surface area (Å²) >= 11 is 5.54. The molecule has 1 aromatic heterocycles. The summed E-state index contributed by atoms with van der Waals surface area (Å²) in [5.74, 6) is -1.30. The van der Waals surface area contributed by atoms with E-state index in [1.54, 1.807) is 0 Å². The van der Waals surface area contributed by atoms with Crippen LogP contribution in [-0.4, -0.2) is 21.3 Å². The number of H-pyrrole nitrogens is 1. The van der Waals surface area contributed by atoms with Crippen molar-refractivity contribution in [1.82, 2.24) is 10.2 Å². The fraction of sp³-hybridized carbons (Fsp3) is 0.0909. The Bertz CT molecular complexity index is 637. The number of nitrogens with one attached hydrogen (secondary N) is 1. The van der Waals surface area contributed by atoms with E-state index < -0.39 is 17.7 Å². The fourth-order valence-corrected chi connectivity index (χ4v) is 1.72. The summed E-state index contributed by atoms with van der Waals surface area (Å²) in [6.07, 6.45) is -4.61. The minimum atomic E-state index is -4.61. The van der Waals surface area contributed by atoms with Crippen molar-refractivity contribution >= 4 is 17.6 Å². The molecule has 4 nitrogen and oxygen atoms in total. The average Bonchev–Trinajstić information content (AvgIpc) is 2.77. The number of aromatic amines is 1. The molecule has 1 heterocycles. The summed E-state index contributed by atoms with van der Waals surface area (Å²) in [5.41, 5.74) is -1.61. The number of aromatic nitrogens is 2. The molecule has 8 heteroatoms. The second-order valence-electron chi connectivity index (χ2n) is 3.66. The van der Waals surface area contributed by atoms with E-state index in [0.29, 0.717) is 0 Å². The van der Waals surface area contributed by atoms with Gasteiger partial charge in [0.05, 0.1) is 11.3 Å². The van der Waals surface area contributed by atoms with Gasteiger partial charge in [0.25, 0.3) is 0 Å². The van der Waals surface area contributed by atoms with Gasteiger partial charge in [-0.1, -0.05) is 17.7 Å². The van der Waals surface area contributed by atoms with Gasteiger partial charge in [0.15, 0.2) is 0 Å². The molecule has 0 unspecified atom stereocenters. The second kappa shape index (κ2) is 4.58. The van der Waals surface area contributed by atoms with Gasteiger partial charge >= 0.3 is 12.1 Å². The molecule has 2 N–H and O–H groups in total. The highest BCUT2D eigenvalue weighted by Crippen LogP contribution is 2.38. The molecule has 0 aliphatic carbocycles. The van der Waals surface area contributed by atoms with Crippen LogP contribution in [0.1, 0.15) is 16.1 Å².